The Morgan fingerprint density at radius 1 is 1.18 bits per heavy atom. The zero-order valence-electron chi connectivity index (χ0n) is 10.8. The monoisotopic (exact) mass is 247 g/mol. The van der Waals surface area contributed by atoms with E-state index in [1.54, 1.807) is 7.11 Å². The minimum absolute atomic E-state index is 0.0367. The largest absolute Gasteiger partial charge is 0.467 e. The molecule has 1 N–H and O–H groups in total. The van der Waals surface area contributed by atoms with Gasteiger partial charge < -0.3 is 19.5 Å². The normalized spacial score (nSPS) is 12.3. The van der Waals surface area contributed by atoms with Gasteiger partial charge in [-0.2, -0.15) is 0 Å². The Hall–Kier alpha value is -1.14. The highest BCUT2D eigenvalue weighted by atomic mass is 16.5. The number of nitrogens with one attached hydrogen (secondary N) is 1. The van der Waals surface area contributed by atoms with Crippen LogP contribution in [0.2, 0.25) is 0 Å². The molecule has 0 radical (unpaired) electrons. The van der Waals surface area contributed by atoms with Crippen molar-refractivity contribution < 1.29 is 23.8 Å². The second-order valence-corrected chi connectivity index (χ2v) is 3.86. The molecular weight excluding hydrogens is 226 g/mol. The van der Waals surface area contributed by atoms with Crippen LogP contribution in [0.15, 0.2) is 0 Å². The summed E-state index contributed by atoms with van der Waals surface area (Å²) in [6, 6.07) is -0.640. The van der Waals surface area contributed by atoms with Gasteiger partial charge in [0.05, 0.1) is 20.3 Å². The summed E-state index contributed by atoms with van der Waals surface area (Å²) in [4.78, 5) is 22.8. The number of methoxy groups -OCH3 is 2. The van der Waals surface area contributed by atoms with Crippen LogP contribution in [0.4, 0.5) is 0 Å². The van der Waals surface area contributed by atoms with Crippen LogP contribution in [0.3, 0.4) is 0 Å². The lowest BCUT2D eigenvalue weighted by Gasteiger charge is -2.19. The van der Waals surface area contributed by atoms with E-state index in [1.165, 1.54) is 7.11 Å². The molecule has 0 aromatic carbocycles. The minimum Gasteiger partial charge on any atom is -0.467 e. The Kier molecular flexibility index (Phi) is 8.35. The summed E-state index contributed by atoms with van der Waals surface area (Å²) in [5.41, 5.74) is 0. The van der Waals surface area contributed by atoms with E-state index in [1.807, 2.05) is 13.8 Å². The van der Waals surface area contributed by atoms with E-state index in [0.717, 1.165) is 0 Å². The molecule has 100 valence electrons. The van der Waals surface area contributed by atoms with E-state index in [2.05, 4.69) is 10.1 Å². The first kappa shape index (κ1) is 15.9. The SMILES string of the molecule is COCCOCC(=O)N[C@@H](C(=O)OC)C(C)C. The van der Waals surface area contributed by atoms with Crippen LogP contribution in [0, 0.1) is 5.92 Å². The van der Waals surface area contributed by atoms with Crippen molar-refractivity contribution in [3.63, 3.8) is 0 Å². The molecule has 0 fully saturated rings. The molecule has 0 rings (SSSR count). The van der Waals surface area contributed by atoms with Crippen LogP contribution in [0.25, 0.3) is 0 Å². The summed E-state index contributed by atoms with van der Waals surface area (Å²) in [5, 5.41) is 2.56. The van der Waals surface area contributed by atoms with E-state index in [4.69, 9.17) is 9.47 Å². The Labute approximate surface area is 102 Å². The van der Waals surface area contributed by atoms with Gasteiger partial charge in [-0.05, 0) is 5.92 Å². The van der Waals surface area contributed by atoms with Crippen LogP contribution in [-0.4, -0.2) is 52.0 Å². The Balaban J connectivity index is 4.00. The zero-order chi connectivity index (χ0) is 13.3. The molecule has 0 bridgehead atoms. The predicted molar refractivity (Wildman–Crippen MR) is 61.5 cm³/mol. The molecule has 6 heteroatoms. The molecule has 0 aromatic rings. The van der Waals surface area contributed by atoms with Crippen molar-refractivity contribution in [2.24, 2.45) is 5.92 Å². The lowest BCUT2D eigenvalue weighted by molar-refractivity contribution is -0.147. The quantitative estimate of drug-likeness (QED) is 0.481. The topological polar surface area (TPSA) is 73.9 Å². The molecule has 0 unspecified atom stereocenters. The van der Waals surface area contributed by atoms with Gasteiger partial charge in [0.2, 0.25) is 5.91 Å². The minimum atomic E-state index is -0.640. The first-order valence-electron chi connectivity index (χ1n) is 5.46. The lowest BCUT2D eigenvalue weighted by atomic mass is 10.0. The van der Waals surface area contributed by atoms with Gasteiger partial charge in [0, 0.05) is 7.11 Å². The third-order valence-electron chi connectivity index (χ3n) is 2.10. The molecule has 0 aliphatic carbocycles. The number of carbonyl (C=O) groups excluding carboxylic acids is 2. The number of hydrogen-bond donors (Lipinski definition) is 1. The summed E-state index contributed by atoms with van der Waals surface area (Å²) >= 11 is 0. The Bertz CT molecular complexity index is 242. The second-order valence-electron chi connectivity index (χ2n) is 3.86. The van der Waals surface area contributed by atoms with Gasteiger partial charge in [-0.1, -0.05) is 13.8 Å². The summed E-state index contributed by atoms with van der Waals surface area (Å²) in [5.74, 6) is -0.833. The first-order chi connectivity index (χ1) is 8.02. The van der Waals surface area contributed by atoms with E-state index in [0.29, 0.717) is 13.2 Å². The maximum Gasteiger partial charge on any atom is 0.328 e. The van der Waals surface area contributed by atoms with Crippen LogP contribution in [-0.2, 0) is 23.8 Å². The fourth-order valence-corrected chi connectivity index (χ4v) is 1.15. The maximum absolute atomic E-state index is 11.5. The van der Waals surface area contributed by atoms with Crippen LogP contribution >= 0.6 is 0 Å². The van der Waals surface area contributed by atoms with Crippen LogP contribution in [0.1, 0.15) is 13.8 Å². The van der Waals surface area contributed by atoms with Gasteiger partial charge in [-0.25, -0.2) is 4.79 Å². The van der Waals surface area contributed by atoms with Gasteiger partial charge in [0.25, 0.3) is 0 Å². The smallest absolute Gasteiger partial charge is 0.328 e. The number of rotatable bonds is 8. The molecule has 1 atom stereocenters. The molecule has 0 heterocycles. The fourth-order valence-electron chi connectivity index (χ4n) is 1.15. The molecule has 0 saturated carbocycles. The molecule has 0 spiro atoms. The van der Waals surface area contributed by atoms with Crippen LogP contribution < -0.4 is 5.32 Å². The molecule has 1 amide bonds. The number of carbonyl (C=O) groups is 2. The first-order valence-corrected chi connectivity index (χ1v) is 5.46. The highest BCUT2D eigenvalue weighted by molar-refractivity contribution is 5.85. The summed E-state index contributed by atoms with van der Waals surface area (Å²) < 4.78 is 14.4. The standard InChI is InChI=1S/C11H21NO5/c1-8(2)10(11(14)16-4)12-9(13)7-17-6-5-15-3/h8,10H,5-7H2,1-4H3,(H,12,13)/t10-/m1/s1. The van der Waals surface area contributed by atoms with Gasteiger partial charge in [-0.3, -0.25) is 4.79 Å². The number of amides is 1. The molecule has 0 aliphatic heterocycles. The Morgan fingerprint density at radius 2 is 1.82 bits per heavy atom. The van der Waals surface area contributed by atoms with Crippen molar-refractivity contribution in [2.45, 2.75) is 19.9 Å². The summed E-state index contributed by atoms with van der Waals surface area (Å²) in [7, 11) is 2.84. The molecule has 6 nitrogen and oxygen atoms in total. The number of esters is 1. The van der Waals surface area contributed by atoms with E-state index >= 15 is 0 Å². The number of hydrogen-bond acceptors (Lipinski definition) is 5. The zero-order valence-corrected chi connectivity index (χ0v) is 10.8. The van der Waals surface area contributed by atoms with Crippen molar-refractivity contribution in [1.82, 2.24) is 5.32 Å². The van der Waals surface area contributed by atoms with Crippen molar-refractivity contribution in [3.8, 4) is 0 Å². The maximum atomic E-state index is 11.5. The average Bonchev–Trinajstić information content (AvgIpc) is 2.30. The number of ether oxygens (including phenoxy) is 3. The van der Waals surface area contributed by atoms with Crippen molar-refractivity contribution in [2.75, 3.05) is 34.0 Å². The molecular formula is C11H21NO5. The van der Waals surface area contributed by atoms with Gasteiger partial charge in [-0.15, -0.1) is 0 Å². The molecule has 0 saturated heterocycles. The van der Waals surface area contributed by atoms with Gasteiger partial charge in [0.15, 0.2) is 0 Å². The molecule has 0 aromatic heterocycles. The summed E-state index contributed by atoms with van der Waals surface area (Å²) in [6.45, 7) is 4.33. The predicted octanol–water partition coefficient (Wildman–Crippen LogP) is -0.0368. The molecule has 17 heavy (non-hydrogen) atoms. The highest BCUT2D eigenvalue weighted by Crippen LogP contribution is 2.03. The molecule has 0 aliphatic rings. The van der Waals surface area contributed by atoms with Crippen LogP contribution in [0.5, 0.6) is 0 Å². The van der Waals surface area contributed by atoms with Crippen molar-refractivity contribution >= 4 is 11.9 Å². The highest BCUT2D eigenvalue weighted by Gasteiger charge is 2.24. The fraction of sp³-hybridized carbons (Fsp3) is 0.818. The van der Waals surface area contributed by atoms with E-state index in [9.17, 15) is 9.59 Å². The van der Waals surface area contributed by atoms with Crippen molar-refractivity contribution in [1.29, 1.82) is 0 Å². The van der Waals surface area contributed by atoms with Crippen molar-refractivity contribution in [3.05, 3.63) is 0 Å². The lowest BCUT2D eigenvalue weighted by Crippen LogP contribution is -2.46. The average molecular weight is 247 g/mol. The van der Waals surface area contributed by atoms with E-state index < -0.39 is 12.0 Å². The Morgan fingerprint density at radius 3 is 2.29 bits per heavy atom. The third kappa shape index (κ3) is 6.91. The van der Waals surface area contributed by atoms with E-state index in [-0.39, 0.29) is 18.4 Å². The van der Waals surface area contributed by atoms with Gasteiger partial charge in [0.1, 0.15) is 12.6 Å². The summed E-state index contributed by atoms with van der Waals surface area (Å²) in [6.07, 6.45) is 0. The second kappa shape index (κ2) is 8.95. The third-order valence-corrected chi connectivity index (χ3v) is 2.10. The van der Waals surface area contributed by atoms with Gasteiger partial charge >= 0.3 is 5.97 Å².